The molecule has 150 valence electrons. The largest absolute Gasteiger partial charge is 0.306 e. The van der Waals surface area contributed by atoms with Crippen molar-refractivity contribution >= 4 is 44.8 Å². The maximum atomic E-state index is 13.3. The molecule has 3 aliphatic rings. The lowest BCUT2D eigenvalue weighted by atomic mass is 10.1. The molecule has 2 amide bonds. The highest BCUT2D eigenvalue weighted by Crippen LogP contribution is 2.37. The predicted octanol–water partition coefficient (Wildman–Crippen LogP) is 2.07. The van der Waals surface area contributed by atoms with Gasteiger partial charge in [0.15, 0.2) is 9.84 Å². The number of anilines is 1. The second-order valence-corrected chi connectivity index (χ2v) is 11.2. The fourth-order valence-corrected chi connectivity index (χ4v) is 6.64. The first-order valence-corrected chi connectivity index (χ1v) is 12.2. The average Bonchev–Trinajstić information content (AvgIpc) is 2.93. The van der Waals surface area contributed by atoms with Gasteiger partial charge in [0.2, 0.25) is 5.91 Å². The van der Waals surface area contributed by atoms with E-state index in [1.165, 1.54) is 5.01 Å². The first kappa shape index (κ1) is 19.4. The van der Waals surface area contributed by atoms with Gasteiger partial charge < -0.3 is 4.90 Å². The van der Waals surface area contributed by atoms with Crippen LogP contribution in [0, 0.1) is 0 Å². The van der Waals surface area contributed by atoms with E-state index in [0.717, 1.165) is 17.0 Å². The molecule has 0 spiro atoms. The Morgan fingerprint density at radius 1 is 1.21 bits per heavy atom. The van der Waals surface area contributed by atoms with E-state index in [2.05, 4.69) is 12.0 Å². The first-order chi connectivity index (χ1) is 13.3. The summed E-state index contributed by atoms with van der Waals surface area (Å²) in [5.74, 6) is -0.418. The van der Waals surface area contributed by atoms with Gasteiger partial charge in [0, 0.05) is 29.5 Å². The normalized spacial score (nSPS) is 27.2. The molecule has 0 unspecified atom stereocenters. The van der Waals surface area contributed by atoms with Gasteiger partial charge in [-0.15, -0.1) is 11.8 Å². The van der Waals surface area contributed by atoms with Crippen molar-refractivity contribution in [1.82, 2.24) is 5.01 Å². The monoisotopic (exact) mass is 421 g/mol. The minimum absolute atomic E-state index is 0.0643. The molecule has 1 aromatic carbocycles. The highest BCUT2D eigenvalue weighted by molar-refractivity contribution is 8.00. The molecule has 0 bridgehead atoms. The Labute approximate surface area is 169 Å². The fourth-order valence-electron chi connectivity index (χ4n) is 3.83. The molecule has 2 atom stereocenters. The zero-order valence-corrected chi connectivity index (χ0v) is 17.3. The van der Waals surface area contributed by atoms with E-state index in [1.807, 2.05) is 24.3 Å². The summed E-state index contributed by atoms with van der Waals surface area (Å²) in [5, 5.41) is 6.00. The average molecular weight is 422 g/mol. The number of carbonyl (C=O) groups excluding carboxylic acids is 2. The number of nitrogens with zero attached hydrogens (tertiary/aromatic N) is 3. The van der Waals surface area contributed by atoms with Gasteiger partial charge in [0.1, 0.15) is 5.71 Å². The lowest BCUT2D eigenvalue weighted by molar-refractivity contribution is -0.133. The van der Waals surface area contributed by atoms with Crippen molar-refractivity contribution in [2.75, 3.05) is 23.0 Å². The summed E-state index contributed by atoms with van der Waals surface area (Å²) in [4.78, 5) is 28.4. The molecule has 1 fully saturated rings. The molecule has 3 aliphatic heterocycles. The molecule has 0 saturated carbocycles. The molecule has 4 rings (SSSR count). The van der Waals surface area contributed by atoms with Crippen molar-refractivity contribution in [1.29, 1.82) is 0 Å². The lowest BCUT2D eigenvalue weighted by Crippen LogP contribution is -2.45. The van der Waals surface area contributed by atoms with Crippen LogP contribution in [0.15, 0.2) is 34.3 Å². The van der Waals surface area contributed by atoms with E-state index < -0.39 is 15.9 Å². The third-order valence-corrected chi connectivity index (χ3v) is 8.34. The van der Waals surface area contributed by atoms with Crippen LogP contribution in [-0.4, -0.2) is 60.3 Å². The summed E-state index contributed by atoms with van der Waals surface area (Å²) >= 11 is 1.76. The SMILES string of the molecule is C[C@@H]1CCN(C(=O)C2=NN([C@H]3CCS(=O)(=O)C3)C(=O)CC2)c2ccccc2S1. The number of hydrogen-bond donors (Lipinski definition) is 0. The summed E-state index contributed by atoms with van der Waals surface area (Å²) < 4.78 is 23.6. The van der Waals surface area contributed by atoms with E-state index in [9.17, 15) is 18.0 Å². The summed E-state index contributed by atoms with van der Waals surface area (Å²) in [6.45, 7) is 2.74. The number of benzene rings is 1. The van der Waals surface area contributed by atoms with Crippen molar-refractivity contribution in [3.63, 3.8) is 0 Å². The minimum atomic E-state index is -3.14. The van der Waals surface area contributed by atoms with Gasteiger partial charge in [-0.05, 0) is 25.0 Å². The van der Waals surface area contributed by atoms with Crippen LogP contribution in [0.4, 0.5) is 5.69 Å². The van der Waals surface area contributed by atoms with Crippen molar-refractivity contribution < 1.29 is 18.0 Å². The zero-order valence-electron chi connectivity index (χ0n) is 15.7. The smallest absolute Gasteiger partial charge is 0.274 e. The molecule has 0 aliphatic carbocycles. The van der Waals surface area contributed by atoms with Crippen LogP contribution >= 0.6 is 11.8 Å². The Hall–Kier alpha value is -1.87. The summed E-state index contributed by atoms with van der Waals surface area (Å²) in [5.41, 5.74) is 1.20. The Morgan fingerprint density at radius 3 is 2.75 bits per heavy atom. The molecule has 0 radical (unpaired) electrons. The molecule has 3 heterocycles. The third kappa shape index (κ3) is 3.82. The van der Waals surface area contributed by atoms with Gasteiger partial charge in [0.25, 0.3) is 5.91 Å². The molecule has 9 heteroatoms. The molecular formula is C19H23N3O4S2. The highest BCUT2D eigenvalue weighted by atomic mass is 32.2. The van der Waals surface area contributed by atoms with Gasteiger partial charge in [0.05, 0.1) is 23.2 Å². The number of para-hydroxylation sites is 1. The van der Waals surface area contributed by atoms with Gasteiger partial charge in [-0.2, -0.15) is 5.10 Å². The molecule has 0 aromatic heterocycles. The van der Waals surface area contributed by atoms with Crippen LogP contribution in [-0.2, 0) is 19.4 Å². The van der Waals surface area contributed by atoms with Gasteiger partial charge in [-0.3, -0.25) is 9.59 Å². The van der Waals surface area contributed by atoms with E-state index in [-0.39, 0.29) is 36.2 Å². The predicted molar refractivity (Wildman–Crippen MR) is 109 cm³/mol. The number of hydrazone groups is 1. The minimum Gasteiger partial charge on any atom is -0.306 e. The zero-order chi connectivity index (χ0) is 19.9. The fraction of sp³-hybridized carbons (Fsp3) is 0.526. The van der Waals surface area contributed by atoms with Crippen molar-refractivity contribution in [2.24, 2.45) is 5.10 Å². The molecule has 1 aromatic rings. The number of amides is 2. The van der Waals surface area contributed by atoms with Crippen LogP contribution in [0.3, 0.4) is 0 Å². The third-order valence-electron chi connectivity index (χ3n) is 5.35. The topological polar surface area (TPSA) is 87.1 Å². The summed E-state index contributed by atoms with van der Waals surface area (Å²) in [6.07, 6.45) is 1.71. The highest BCUT2D eigenvalue weighted by Gasteiger charge is 2.38. The number of rotatable bonds is 2. The van der Waals surface area contributed by atoms with Crippen LogP contribution in [0.25, 0.3) is 0 Å². The van der Waals surface area contributed by atoms with E-state index in [0.29, 0.717) is 23.9 Å². The quantitative estimate of drug-likeness (QED) is 0.730. The number of thioether (sulfide) groups is 1. The summed E-state index contributed by atoms with van der Waals surface area (Å²) in [6, 6.07) is 7.37. The Morgan fingerprint density at radius 2 is 2.00 bits per heavy atom. The number of carbonyl (C=O) groups is 2. The van der Waals surface area contributed by atoms with Gasteiger partial charge >= 0.3 is 0 Å². The number of fused-ring (bicyclic) bond motifs is 1. The van der Waals surface area contributed by atoms with Crippen LogP contribution in [0.2, 0.25) is 0 Å². The standard InChI is InChI=1S/C19H23N3O4S2/c1-13-8-10-21(16-4-2-3-5-17(16)27-13)19(24)15-6-7-18(23)22(20-15)14-9-11-28(25,26)12-14/h2-5,13-14H,6-12H2,1H3/t13-,14+/m1/s1. The maximum Gasteiger partial charge on any atom is 0.274 e. The van der Waals surface area contributed by atoms with E-state index in [4.69, 9.17) is 0 Å². The summed E-state index contributed by atoms with van der Waals surface area (Å²) in [7, 11) is -3.14. The van der Waals surface area contributed by atoms with Crippen molar-refractivity contribution in [3.8, 4) is 0 Å². The van der Waals surface area contributed by atoms with Gasteiger partial charge in [-0.1, -0.05) is 19.1 Å². The Kier molecular flexibility index (Phi) is 5.22. The molecular weight excluding hydrogens is 398 g/mol. The molecule has 0 N–H and O–H groups in total. The second-order valence-electron chi connectivity index (χ2n) is 7.48. The Bertz CT molecular complexity index is 944. The van der Waals surface area contributed by atoms with E-state index >= 15 is 0 Å². The number of sulfone groups is 1. The van der Waals surface area contributed by atoms with Crippen LogP contribution in [0.5, 0.6) is 0 Å². The number of hydrogen-bond acceptors (Lipinski definition) is 6. The lowest BCUT2D eigenvalue weighted by Gasteiger charge is -2.30. The molecule has 28 heavy (non-hydrogen) atoms. The second kappa shape index (κ2) is 7.51. The van der Waals surface area contributed by atoms with Crippen molar-refractivity contribution in [2.45, 2.75) is 48.8 Å². The maximum absolute atomic E-state index is 13.3. The van der Waals surface area contributed by atoms with Crippen LogP contribution < -0.4 is 4.90 Å². The molecule has 1 saturated heterocycles. The van der Waals surface area contributed by atoms with Crippen molar-refractivity contribution in [3.05, 3.63) is 24.3 Å². The first-order valence-electron chi connectivity index (χ1n) is 9.51. The van der Waals surface area contributed by atoms with E-state index in [1.54, 1.807) is 16.7 Å². The van der Waals surface area contributed by atoms with Crippen LogP contribution in [0.1, 0.15) is 32.6 Å². The molecule has 7 nitrogen and oxygen atoms in total. The Balaban J connectivity index is 1.62. The van der Waals surface area contributed by atoms with Gasteiger partial charge in [-0.25, -0.2) is 13.4 Å².